The maximum atomic E-state index is 13.2. The Morgan fingerprint density at radius 1 is 1.14 bits per heavy atom. The number of nitrogens with zero attached hydrogens (tertiary/aromatic N) is 3. The first-order chi connectivity index (χ1) is 13.6. The van der Waals surface area contributed by atoms with Gasteiger partial charge in [-0.15, -0.1) is 10.2 Å². The zero-order valence-corrected chi connectivity index (χ0v) is 16.1. The third kappa shape index (κ3) is 4.92. The van der Waals surface area contributed by atoms with Gasteiger partial charge >= 0.3 is 6.18 Å². The molecule has 3 rings (SSSR count). The minimum atomic E-state index is -4.50. The van der Waals surface area contributed by atoms with Crippen molar-refractivity contribution in [1.82, 2.24) is 19.9 Å². The minimum Gasteiger partial charge on any atom is -0.344 e. The predicted molar refractivity (Wildman–Crippen MR) is 102 cm³/mol. The third-order valence-electron chi connectivity index (χ3n) is 4.52. The maximum Gasteiger partial charge on any atom is 0.417 e. The lowest BCUT2D eigenvalue weighted by atomic mass is 10.0. The van der Waals surface area contributed by atoms with Crippen molar-refractivity contribution in [3.05, 3.63) is 65.6 Å². The number of fused-ring (bicyclic) bond motifs is 1. The van der Waals surface area contributed by atoms with Crippen LogP contribution in [0.3, 0.4) is 0 Å². The van der Waals surface area contributed by atoms with Crippen molar-refractivity contribution in [3.63, 3.8) is 0 Å². The second kappa shape index (κ2) is 7.82. The van der Waals surface area contributed by atoms with E-state index in [9.17, 15) is 18.0 Å². The van der Waals surface area contributed by atoms with Crippen molar-refractivity contribution >= 4 is 11.6 Å². The Morgan fingerprint density at radius 3 is 2.45 bits per heavy atom. The third-order valence-corrected chi connectivity index (χ3v) is 4.52. The van der Waals surface area contributed by atoms with Gasteiger partial charge in [0, 0.05) is 6.20 Å². The minimum absolute atomic E-state index is 0.222. The molecular formula is C20H22F3N5O. The molecule has 1 aromatic carbocycles. The fraction of sp³-hybridized carbons (Fsp3) is 0.350. The molecule has 3 aromatic rings. The number of pyridine rings is 1. The molecule has 154 valence electrons. The van der Waals surface area contributed by atoms with Gasteiger partial charge in [0.2, 0.25) is 5.91 Å². The average Bonchev–Trinajstić information content (AvgIpc) is 3.07. The lowest BCUT2D eigenvalue weighted by Crippen LogP contribution is -2.50. The topological polar surface area (TPSA) is 85.3 Å². The molecule has 9 heteroatoms. The van der Waals surface area contributed by atoms with E-state index in [1.165, 1.54) is 10.5 Å². The molecule has 0 saturated heterocycles. The number of alkyl halides is 3. The van der Waals surface area contributed by atoms with Gasteiger partial charge in [0.15, 0.2) is 11.5 Å². The molecule has 0 bridgehead atoms. The number of halogens is 3. The smallest absolute Gasteiger partial charge is 0.344 e. The zero-order chi connectivity index (χ0) is 21.2. The molecule has 0 radical (unpaired) electrons. The lowest BCUT2D eigenvalue weighted by Gasteiger charge is -2.23. The van der Waals surface area contributed by atoms with E-state index in [4.69, 9.17) is 5.73 Å². The van der Waals surface area contributed by atoms with Crippen molar-refractivity contribution in [2.45, 2.75) is 44.4 Å². The van der Waals surface area contributed by atoms with Crippen molar-refractivity contribution in [2.75, 3.05) is 0 Å². The van der Waals surface area contributed by atoms with E-state index >= 15 is 0 Å². The van der Waals surface area contributed by atoms with Crippen molar-refractivity contribution in [3.8, 4) is 0 Å². The summed E-state index contributed by atoms with van der Waals surface area (Å²) in [5.74, 6) is -0.209. The van der Waals surface area contributed by atoms with Gasteiger partial charge in [0.1, 0.15) is 0 Å². The van der Waals surface area contributed by atoms with Crippen LogP contribution in [0.2, 0.25) is 0 Å². The van der Waals surface area contributed by atoms with Crippen LogP contribution in [0, 0.1) is 0 Å². The molecule has 2 heterocycles. The maximum absolute atomic E-state index is 13.2. The number of aryl methyl sites for hydroxylation is 1. The van der Waals surface area contributed by atoms with Gasteiger partial charge in [0.25, 0.3) is 0 Å². The molecule has 29 heavy (non-hydrogen) atoms. The van der Waals surface area contributed by atoms with Gasteiger partial charge in [-0.1, -0.05) is 30.3 Å². The summed E-state index contributed by atoms with van der Waals surface area (Å²) >= 11 is 0. The zero-order valence-electron chi connectivity index (χ0n) is 16.1. The van der Waals surface area contributed by atoms with Gasteiger partial charge < -0.3 is 11.1 Å². The SMILES string of the molecule is CC(C)(N)C(=O)NC(CCc1ccccc1)c1nnc2ccc(C(F)(F)F)cn12. The van der Waals surface area contributed by atoms with Crippen molar-refractivity contribution in [1.29, 1.82) is 0 Å². The monoisotopic (exact) mass is 405 g/mol. The molecule has 0 aliphatic carbocycles. The van der Waals surface area contributed by atoms with Crippen LogP contribution in [0.4, 0.5) is 13.2 Å². The van der Waals surface area contributed by atoms with Crippen LogP contribution in [0.25, 0.3) is 5.65 Å². The highest BCUT2D eigenvalue weighted by Crippen LogP contribution is 2.30. The molecule has 0 fully saturated rings. The Morgan fingerprint density at radius 2 is 1.83 bits per heavy atom. The number of carbonyl (C=O) groups is 1. The summed E-state index contributed by atoms with van der Waals surface area (Å²) in [7, 11) is 0. The number of amides is 1. The Hall–Kier alpha value is -2.94. The summed E-state index contributed by atoms with van der Waals surface area (Å²) in [6.07, 6.45) is -2.55. The second-order valence-corrected chi connectivity index (χ2v) is 7.47. The molecule has 0 aliphatic rings. The molecule has 0 spiro atoms. The van der Waals surface area contributed by atoms with Gasteiger partial charge in [-0.2, -0.15) is 13.2 Å². The van der Waals surface area contributed by atoms with Gasteiger partial charge in [-0.3, -0.25) is 9.20 Å². The molecule has 2 aromatic heterocycles. The Balaban J connectivity index is 1.97. The number of hydrogen-bond acceptors (Lipinski definition) is 4. The highest BCUT2D eigenvalue weighted by molar-refractivity contribution is 5.85. The Bertz CT molecular complexity index is 993. The first kappa shape index (κ1) is 20.8. The van der Waals surface area contributed by atoms with E-state index in [-0.39, 0.29) is 11.5 Å². The molecule has 1 amide bonds. The molecule has 0 aliphatic heterocycles. The summed E-state index contributed by atoms with van der Waals surface area (Å²) in [5, 5.41) is 10.8. The van der Waals surface area contributed by atoms with Crippen LogP contribution in [-0.4, -0.2) is 26.0 Å². The Labute approximate surface area is 165 Å². The number of benzene rings is 1. The quantitative estimate of drug-likeness (QED) is 0.659. The Kier molecular flexibility index (Phi) is 5.61. The highest BCUT2D eigenvalue weighted by Gasteiger charge is 2.32. The summed E-state index contributed by atoms with van der Waals surface area (Å²) in [6, 6.07) is 11.1. The van der Waals surface area contributed by atoms with E-state index in [0.29, 0.717) is 12.8 Å². The number of nitrogens with two attached hydrogens (primary N) is 1. The van der Waals surface area contributed by atoms with Crippen LogP contribution in [0.1, 0.15) is 43.3 Å². The number of rotatable bonds is 6. The summed E-state index contributed by atoms with van der Waals surface area (Å²) < 4.78 is 40.7. The first-order valence-electron chi connectivity index (χ1n) is 9.11. The summed E-state index contributed by atoms with van der Waals surface area (Å²) in [4.78, 5) is 12.5. The van der Waals surface area contributed by atoms with E-state index in [1.54, 1.807) is 13.8 Å². The van der Waals surface area contributed by atoms with Crippen LogP contribution in [0.5, 0.6) is 0 Å². The molecule has 0 saturated carbocycles. The van der Waals surface area contributed by atoms with Crippen LogP contribution >= 0.6 is 0 Å². The predicted octanol–water partition coefficient (Wildman–Crippen LogP) is 3.28. The van der Waals surface area contributed by atoms with Gasteiger partial charge in [0.05, 0.1) is 17.1 Å². The largest absolute Gasteiger partial charge is 0.417 e. The normalized spacial score (nSPS) is 13.4. The van der Waals surface area contributed by atoms with E-state index in [0.717, 1.165) is 17.8 Å². The number of carbonyl (C=O) groups excluding carboxylic acids is 1. The second-order valence-electron chi connectivity index (χ2n) is 7.47. The molecule has 6 nitrogen and oxygen atoms in total. The lowest BCUT2D eigenvalue weighted by molar-refractivity contribution is -0.138. The molecule has 1 atom stereocenters. The van der Waals surface area contributed by atoms with E-state index in [2.05, 4.69) is 15.5 Å². The number of aromatic nitrogens is 3. The fourth-order valence-electron chi connectivity index (χ4n) is 2.88. The summed E-state index contributed by atoms with van der Waals surface area (Å²) in [5.41, 5.74) is 5.20. The summed E-state index contributed by atoms with van der Waals surface area (Å²) in [6.45, 7) is 3.11. The average molecular weight is 405 g/mol. The van der Waals surface area contributed by atoms with Gasteiger partial charge in [-0.05, 0) is 44.4 Å². The number of nitrogens with one attached hydrogen (secondary N) is 1. The number of hydrogen-bond donors (Lipinski definition) is 2. The van der Waals surface area contributed by atoms with Gasteiger partial charge in [-0.25, -0.2) is 0 Å². The van der Waals surface area contributed by atoms with E-state index < -0.39 is 29.2 Å². The van der Waals surface area contributed by atoms with Crippen molar-refractivity contribution in [2.24, 2.45) is 5.73 Å². The first-order valence-corrected chi connectivity index (χ1v) is 9.11. The highest BCUT2D eigenvalue weighted by atomic mass is 19.4. The molecular weight excluding hydrogens is 383 g/mol. The van der Waals surface area contributed by atoms with Crippen LogP contribution < -0.4 is 11.1 Å². The fourth-order valence-corrected chi connectivity index (χ4v) is 2.88. The molecule has 1 unspecified atom stereocenters. The van der Waals surface area contributed by atoms with Crippen molar-refractivity contribution < 1.29 is 18.0 Å². The van der Waals surface area contributed by atoms with Crippen LogP contribution in [0.15, 0.2) is 48.7 Å². The van der Waals surface area contributed by atoms with E-state index in [1.807, 2.05) is 30.3 Å². The molecule has 3 N–H and O–H groups in total. The van der Waals surface area contributed by atoms with Crippen LogP contribution in [-0.2, 0) is 17.4 Å². The standard InChI is InChI=1S/C20H22F3N5O/c1-19(2,24)18(29)25-15(10-8-13-6-4-3-5-7-13)17-27-26-16-11-9-14(12-28(16)17)20(21,22)23/h3-7,9,11-12,15H,8,10,24H2,1-2H3,(H,25,29).